The molecule has 1 aliphatic carbocycles. The minimum atomic E-state index is -0.994. The van der Waals surface area contributed by atoms with E-state index in [4.69, 9.17) is 10.8 Å². The van der Waals surface area contributed by atoms with Gasteiger partial charge in [-0.3, -0.25) is 0 Å². The molecule has 1 aromatic carbocycles. The highest BCUT2D eigenvalue weighted by Crippen LogP contribution is 2.35. The number of aromatic carboxylic acids is 1. The number of nitrogen functional groups attached to an aromatic ring is 1. The monoisotopic (exact) mass is 288 g/mol. The van der Waals surface area contributed by atoms with Crippen molar-refractivity contribution in [3.63, 3.8) is 0 Å². The number of thiophene rings is 1. The second-order valence-corrected chi connectivity index (χ2v) is 6.00. The Morgan fingerprint density at radius 3 is 3.00 bits per heavy atom. The lowest BCUT2D eigenvalue weighted by Crippen LogP contribution is -2.16. The van der Waals surface area contributed by atoms with E-state index in [-0.39, 0.29) is 5.56 Å². The first kappa shape index (κ1) is 13.0. The van der Waals surface area contributed by atoms with Gasteiger partial charge >= 0.3 is 5.97 Å². The average molecular weight is 288 g/mol. The van der Waals surface area contributed by atoms with Crippen molar-refractivity contribution in [2.45, 2.75) is 25.3 Å². The fraction of sp³-hybridized carbons (Fsp3) is 0.267. The first-order valence-corrected chi connectivity index (χ1v) is 7.49. The van der Waals surface area contributed by atoms with E-state index in [1.54, 1.807) is 29.5 Å². The highest BCUT2D eigenvalue weighted by atomic mass is 32.1. The summed E-state index contributed by atoms with van der Waals surface area (Å²) in [4.78, 5) is 12.4. The van der Waals surface area contributed by atoms with Crippen LogP contribution in [0.4, 0.5) is 11.4 Å². The number of hydrogen-bond donors (Lipinski definition) is 3. The molecule has 1 unspecified atom stereocenters. The van der Waals surface area contributed by atoms with Gasteiger partial charge in [0.05, 0.1) is 11.6 Å². The number of hydrogen-bond acceptors (Lipinski definition) is 4. The Morgan fingerprint density at radius 1 is 1.40 bits per heavy atom. The lowest BCUT2D eigenvalue weighted by Gasteiger charge is -2.25. The van der Waals surface area contributed by atoms with Crippen molar-refractivity contribution >= 4 is 28.7 Å². The van der Waals surface area contributed by atoms with Gasteiger partial charge in [-0.15, -0.1) is 11.3 Å². The Balaban J connectivity index is 1.83. The van der Waals surface area contributed by atoms with Crippen LogP contribution < -0.4 is 11.1 Å². The molecule has 4 nitrogen and oxygen atoms in total. The normalized spacial score (nSPS) is 17.5. The zero-order valence-corrected chi connectivity index (χ0v) is 11.7. The van der Waals surface area contributed by atoms with Gasteiger partial charge in [0.2, 0.25) is 0 Å². The minimum Gasteiger partial charge on any atom is -0.478 e. The van der Waals surface area contributed by atoms with Crippen molar-refractivity contribution < 1.29 is 9.90 Å². The Kier molecular flexibility index (Phi) is 3.36. The van der Waals surface area contributed by atoms with Crippen molar-refractivity contribution in [1.82, 2.24) is 0 Å². The zero-order valence-electron chi connectivity index (χ0n) is 10.9. The van der Waals surface area contributed by atoms with Crippen LogP contribution in [0.2, 0.25) is 0 Å². The molecule has 2 aromatic rings. The largest absolute Gasteiger partial charge is 0.478 e. The maximum atomic E-state index is 11.0. The summed E-state index contributed by atoms with van der Waals surface area (Å²) in [6.45, 7) is 0. The van der Waals surface area contributed by atoms with E-state index < -0.39 is 5.97 Å². The smallest absolute Gasteiger partial charge is 0.337 e. The molecule has 0 bridgehead atoms. The maximum Gasteiger partial charge on any atom is 0.337 e. The molecule has 0 aliphatic heterocycles. The van der Waals surface area contributed by atoms with Crippen molar-refractivity contribution in [2.75, 3.05) is 11.1 Å². The van der Waals surface area contributed by atoms with E-state index in [0.29, 0.717) is 11.7 Å². The average Bonchev–Trinajstić information content (AvgIpc) is 2.87. The number of nitrogens with one attached hydrogen (secondary N) is 1. The minimum absolute atomic E-state index is 0.149. The number of rotatable bonds is 3. The van der Waals surface area contributed by atoms with Crippen LogP contribution in [0.3, 0.4) is 0 Å². The molecule has 0 fully saturated rings. The SMILES string of the molecule is Nc1cc(NC2CCCc3sccc32)ccc1C(=O)O. The second-order valence-electron chi connectivity index (χ2n) is 5.00. The quantitative estimate of drug-likeness (QED) is 0.755. The molecule has 1 aromatic heterocycles. The molecular weight excluding hydrogens is 272 g/mol. The molecule has 1 aliphatic rings. The number of anilines is 2. The molecule has 0 amide bonds. The summed E-state index contributed by atoms with van der Waals surface area (Å²) >= 11 is 1.81. The van der Waals surface area contributed by atoms with Crippen molar-refractivity contribution in [3.8, 4) is 0 Å². The topological polar surface area (TPSA) is 75.3 Å². The van der Waals surface area contributed by atoms with Crippen molar-refractivity contribution in [2.24, 2.45) is 0 Å². The van der Waals surface area contributed by atoms with Gasteiger partial charge in [-0.1, -0.05) is 0 Å². The number of carbonyl (C=O) groups is 1. The van der Waals surface area contributed by atoms with Gasteiger partial charge in [-0.25, -0.2) is 4.79 Å². The Morgan fingerprint density at radius 2 is 2.25 bits per heavy atom. The Bertz CT molecular complexity index is 651. The second kappa shape index (κ2) is 5.17. The predicted octanol–water partition coefficient (Wildman–Crippen LogP) is 3.52. The van der Waals surface area contributed by atoms with E-state index >= 15 is 0 Å². The van der Waals surface area contributed by atoms with Gasteiger partial charge in [0.1, 0.15) is 0 Å². The third-order valence-electron chi connectivity index (χ3n) is 3.67. The Hall–Kier alpha value is -2.01. The van der Waals surface area contributed by atoms with Crippen LogP contribution in [0.5, 0.6) is 0 Å². The van der Waals surface area contributed by atoms with Gasteiger partial charge in [-0.2, -0.15) is 0 Å². The lowest BCUT2D eigenvalue weighted by atomic mass is 9.94. The molecule has 4 N–H and O–H groups in total. The third-order valence-corrected chi connectivity index (χ3v) is 4.67. The molecular formula is C15H16N2O2S. The Labute approximate surface area is 121 Å². The van der Waals surface area contributed by atoms with Crippen LogP contribution in [0.1, 0.15) is 39.7 Å². The molecule has 0 saturated carbocycles. The van der Waals surface area contributed by atoms with Gasteiger partial charge in [0, 0.05) is 16.3 Å². The standard InChI is InChI=1S/C15H16N2O2S/c16-12-8-9(4-5-10(12)15(18)19)17-13-2-1-3-14-11(13)6-7-20-14/h4-8,13,17H,1-3,16H2,(H,18,19). The highest BCUT2D eigenvalue weighted by Gasteiger charge is 2.21. The number of carboxylic acids is 1. The first-order chi connectivity index (χ1) is 9.65. The molecule has 20 heavy (non-hydrogen) atoms. The summed E-state index contributed by atoms with van der Waals surface area (Å²) in [6, 6.07) is 7.49. The number of fused-ring (bicyclic) bond motifs is 1. The van der Waals surface area contributed by atoms with Gasteiger partial charge in [0.25, 0.3) is 0 Å². The maximum absolute atomic E-state index is 11.0. The third kappa shape index (κ3) is 2.36. The number of aryl methyl sites for hydroxylation is 1. The molecule has 5 heteroatoms. The van der Waals surface area contributed by atoms with Crippen molar-refractivity contribution in [3.05, 3.63) is 45.6 Å². The number of benzene rings is 1. The zero-order chi connectivity index (χ0) is 14.1. The molecule has 3 rings (SSSR count). The summed E-state index contributed by atoms with van der Waals surface area (Å²) in [5.74, 6) is -0.994. The summed E-state index contributed by atoms with van der Waals surface area (Å²) in [5, 5.41) is 14.6. The molecule has 0 radical (unpaired) electrons. The van der Waals surface area contributed by atoms with E-state index in [0.717, 1.165) is 18.5 Å². The van der Waals surface area contributed by atoms with Crippen LogP contribution in [0.25, 0.3) is 0 Å². The summed E-state index contributed by atoms with van der Waals surface area (Å²) < 4.78 is 0. The highest BCUT2D eigenvalue weighted by molar-refractivity contribution is 7.10. The van der Waals surface area contributed by atoms with Gasteiger partial charge < -0.3 is 16.2 Å². The van der Waals surface area contributed by atoms with Crippen LogP contribution in [0.15, 0.2) is 29.6 Å². The van der Waals surface area contributed by atoms with E-state index in [9.17, 15) is 4.79 Å². The molecule has 0 spiro atoms. The fourth-order valence-electron chi connectivity index (χ4n) is 2.68. The number of carboxylic acid groups (broad SMARTS) is 1. The van der Waals surface area contributed by atoms with Gasteiger partial charge in [0.15, 0.2) is 0 Å². The van der Waals surface area contributed by atoms with E-state index in [2.05, 4.69) is 16.8 Å². The number of nitrogens with two attached hydrogens (primary N) is 1. The lowest BCUT2D eigenvalue weighted by molar-refractivity contribution is 0.0698. The summed E-state index contributed by atoms with van der Waals surface area (Å²) in [6.07, 6.45) is 3.42. The summed E-state index contributed by atoms with van der Waals surface area (Å²) in [5.41, 5.74) is 8.46. The molecule has 104 valence electrons. The predicted molar refractivity (Wildman–Crippen MR) is 81.4 cm³/mol. The van der Waals surface area contributed by atoms with Crippen molar-refractivity contribution in [1.29, 1.82) is 0 Å². The van der Waals surface area contributed by atoms with Crippen LogP contribution in [-0.4, -0.2) is 11.1 Å². The van der Waals surface area contributed by atoms with E-state index in [1.165, 1.54) is 16.9 Å². The molecule has 0 saturated heterocycles. The molecule has 1 atom stereocenters. The van der Waals surface area contributed by atoms with Crippen LogP contribution >= 0.6 is 11.3 Å². The first-order valence-electron chi connectivity index (χ1n) is 6.61. The van der Waals surface area contributed by atoms with Crippen LogP contribution in [0, 0.1) is 0 Å². The summed E-state index contributed by atoms with van der Waals surface area (Å²) in [7, 11) is 0. The fourth-order valence-corrected chi connectivity index (χ4v) is 3.67. The van der Waals surface area contributed by atoms with Gasteiger partial charge in [-0.05, 0) is 54.5 Å². The van der Waals surface area contributed by atoms with Crippen LogP contribution in [-0.2, 0) is 6.42 Å². The molecule has 1 heterocycles. The van der Waals surface area contributed by atoms with E-state index in [1.807, 2.05) is 0 Å².